The molecule has 1 unspecified atom stereocenters. The number of aromatic hydroxyl groups is 1. The molecule has 1 aliphatic rings. The zero-order chi connectivity index (χ0) is 9.10. The number of hydrogen-bond donors (Lipinski definition) is 1. The third-order valence-corrected chi connectivity index (χ3v) is 2.53. The topological polar surface area (TPSA) is 34.3 Å². The molecule has 1 aliphatic heterocycles. The molecular formula is C11H14NO. The van der Waals surface area contributed by atoms with Crippen LogP contribution in [-0.4, -0.2) is 11.7 Å². The molecule has 0 aliphatic carbocycles. The van der Waals surface area contributed by atoms with Crippen molar-refractivity contribution in [2.24, 2.45) is 0 Å². The molecule has 1 radical (unpaired) electrons. The van der Waals surface area contributed by atoms with Crippen molar-refractivity contribution in [3.8, 4) is 5.75 Å². The number of rotatable bonds is 1. The first-order valence-corrected chi connectivity index (χ1v) is 4.82. The van der Waals surface area contributed by atoms with Gasteiger partial charge >= 0.3 is 0 Å². The largest absolute Gasteiger partial charge is 0.508 e. The summed E-state index contributed by atoms with van der Waals surface area (Å²) in [6, 6.07) is 7.74. The molecule has 1 N–H and O–H groups in total. The van der Waals surface area contributed by atoms with E-state index in [1.54, 1.807) is 6.07 Å². The molecule has 1 atom stereocenters. The van der Waals surface area contributed by atoms with Crippen molar-refractivity contribution in [1.82, 2.24) is 5.32 Å². The van der Waals surface area contributed by atoms with Crippen LogP contribution >= 0.6 is 0 Å². The molecule has 0 saturated carbocycles. The molecule has 69 valence electrons. The van der Waals surface area contributed by atoms with Crippen LogP contribution in [0.5, 0.6) is 5.75 Å². The molecule has 0 amide bonds. The van der Waals surface area contributed by atoms with Gasteiger partial charge in [0.1, 0.15) is 5.75 Å². The van der Waals surface area contributed by atoms with Crippen molar-refractivity contribution in [3.05, 3.63) is 29.8 Å². The maximum Gasteiger partial charge on any atom is 0.120 e. The van der Waals surface area contributed by atoms with Crippen molar-refractivity contribution in [2.75, 3.05) is 6.54 Å². The fourth-order valence-electron chi connectivity index (χ4n) is 1.81. The Balaban J connectivity index is 2.18. The van der Waals surface area contributed by atoms with E-state index >= 15 is 0 Å². The number of piperidine rings is 1. The molecule has 2 heteroatoms. The quantitative estimate of drug-likeness (QED) is 0.699. The van der Waals surface area contributed by atoms with Gasteiger partial charge in [-0.05, 0) is 18.9 Å². The number of hydrogen-bond acceptors (Lipinski definition) is 1. The van der Waals surface area contributed by atoms with Crippen molar-refractivity contribution in [2.45, 2.75) is 25.3 Å². The average molecular weight is 176 g/mol. The van der Waals surface area contributed by atoms with E-state index in [1.165, 1.54) is 12.8 Å². The Labute approximate surface area is 78.6 Å². The summed E-state index contributed by atoms with van der Waals surface area (Å²) in [6.45, 7) is 0.943. The van der Waals surface area contributed by atoms with Crippen LogP contribution in [0.4, 0.5) is 0 Å². The standard InChI is InChI=1S/C11H14NO/c13-11-7-2-1-5-9(11)10-6-3-4-8-12-10/h1-2,5,7,10,13H,3-4,6,8H2. The predicted molar refractivity (Wildman–Crippen MR) is 51.7 cm³/mol. The smallest absolute Gasteiger partial charge is 0.120 e. The predicted octanol–water partition coefficient (Wildman–Crippen LogP) is 2.22. The molecule has 0 bridgehead atoms. The minimum absolute atomic E-state index is 0.231. The van der Waals surface area contributed by atoms with Gasteiger partial charge in [-0.2, -0.15) is 0 Å². The molecule has 13 heavy (non-hydrogen) atoms. The third kappa shape index (κ3) is 1.83. The second kappa shape index (κ2) is 3.79. The minimum atomic E-state index is 0.231. The van der Waals surface area contributed by atoms with Gasteiger partial charge in [-0.25, -0.2) is 5.32 Å². The lowest BCUT2D eigenvalue weighted by Crippen LogP contribution is -2.20. The zero-order valence-corrected chi connectivity index (χ0v) is 7.61. The summed E-state index contributed by atoms with van der Waals surface area (Å²) in [5.74, 6) is 0.387. The van der Waals surface area contributed by atoms with Crippen molar-refractivity contribution in [1.29, 1.82) is 0 Å². The van der Waals surface area contributed by atoms with Gasteiger partial charge in [0.05, 0.1) is 6.04 Å². The summed E-state index contributed by atoms with van der Waals surface area (Å²) < 4.78 is 0. The number of phenols is 1. The second-order valence-corrected chi connectivity index (χ2v) is 3.48. The SMILES string of the molecule is Oc1ccccc1C1CCCC[N]1. The summed E-state index contributed by atoms with van der Waals surface area (Å²) in [5, 5.41) is 14.1. The Morgan fingerprint density at radius 3 is 2.77 bits per heavy atom. The maximum atomic E-state index is 9.60. The summed E-state index contributed by atoms with van der Waals surface area (Å²) in [7, 11) is 0. The van der Waals surface area contributed by atoms with Gasteiger partial charge in [0, 0.05) is 12.1 Å². The first-order chi connectivity index (χ1) is 6.38. The van der Waals surface area contributed by atoms with E-state index in [0.717, 1.165) is 18.5 Å². The van der Waals surface area contributed by atoms with Gasteiger partial charge in [-0.1, -0.05) is 24.6 Å². The van der Waals surface area contributed by atoms with E-state index in [9.17, 15) is 5.11 Å². The van der Waals surface area contributed by atoms with E-state index in [1.807, 2.05) is 18.2 Å². The van der Waals surface area contributed by atoms with Crippen LogP contribution in [-0.2, 0) is 0 Å². The lowest BCUT2D eigenvalue weighted by atomic mass is 9.97. The number of nitrogens with zero attached hydrogens (tertiary/aromatic N) is 1. The molecule has 1 aromatic carbocycles. The number of benzene rings is 1. The highest BCUT2D eigenvalue weighted by Crippen LogP contribution is 2.30. The fourth-order valence-corrected chi connectivity index (χ4v) is 1.81. The van der Waals surface area contributed by atoms with E-state index in [2.05, 4.69) is 5.32 Å². The second-order valence-electron chi connectivity index (χ2n) is 3.48. The molecule has 1 heterocycles. The van der Waals surface area contributed by atoms with Crippen molar-refractivity contribution >= 4 is 0 Å². The van der Waals surface area contributed by atoms with Crippen LogP contribution in [0.1, 0.15) is 30.9 Å². The number of phenolic OH excluding ortho intramolecular Hbond substituents is 1. The monoisotopic (exact) mass is 176 g/mol. The van der Waals surface area contributed by atoms with Gasteiger partial charge in [-0.15, -0.1) is 0 Å². The van der Waals surface area contributed by atoms with Gasteiger partial charge in [0.25, 0.3) is 0 Å². The minimum Gasteiger partial charge on any atom is -0.508 e. The van der Waals surface area contributed by atoms with E-state index in [4.69, 9.17) is 0 Å². The molecule has 1 fully saturated rings. The van der Waals surface area contributed by atoms with Crippen LogP contribution in [0.15, 0.2) is 24.3 Å². The zero-order valence-electron chi connectivity index (χ0n) is 7.61. The van der Waals surface area contributed by atoms with Gasteiger partial charge in [0.15, 0.2) is 0 Å². The Kier molecular flexibility index (Phi) is 2.50. The Morgan fingerprint density at radius 1 is 1.23 bits per heavy atom. The summed E-state index contributed by atoms with van der Waals surface area (Å²) in [5.41, 5.74) is 0.988. The van der Waals surface area contributed by atoms with Crippen LogP contribution in [0.3, 0.4) is 0 Å². The Hall–Kier alpha value is -1.02. The van der Waals surface area contributed by atoms with E-state index < -0.39 is 0 Å². The van der Waals surface area contributed by atoms with E-state index in [-0.39, 0.29) is 6.04 Å². The normalized spacial score (nSPS) is 22.9. The highest BCUT2D eigenvalue weighted by atomic mass is 16.3. The molecule has 1 saturated heterocycles. The van der Waals surface area contributed by atoms with Crippen LogP contribution in [0, 0.1) is 0 Å². The summed E-state index contributed by atoms with van der Waals surface area (Å²) >= 11 is 0. The molecular weight excluding hydrogens is 162 g/mol. The van der Waals surface area contributed by atoms with Gasteiger partial charge in [0.2, 0.25) is 0 Å². The van der Waals surface area contributed by atoms with Crippen molar-refractivity contribution < 1.29 is 5.11 Å². The average Bonchev–Trinajstić information content (AvgIpc) is 2.20. The fraction of sp³-hybridized carbons (Fsp3) is 0.455. The van der Waals surface area contributed by atoms with Crippen LogP contribution in [0.2, 0.25) is 0 Å². The first-order valence-electron chi connectivity index (χ1n) is 4.82. The highest BCUT2D eigenvalue weighted by molar-refractivity contribution is 5.34. The first kappa shape index (κ1) is 8.57. The highest BCUT2D eigenvalue weighted by Gasteiger charge is 2.18. The Morgan fingerprint density at radius 2 is 2.08 bits per heavy atom. The van der Waals surface area contributed by atoms with Gasteiger partial charge < -0.3 is 5.11 Å². The lowest BCUT2D eigenvalue weighted by molar-refractivity contribution is 0.384. The molecule has 2 rings (SSSR count). The molecule has 2 nitrogen and oxygen atoms in total. The lowest BCUT2D eigenvalue weighted by Gasteiger charge is -2.22. The summed E-state index contributed by atoms with van der Waals surface area (Å²) in [4.78, 5) is 0. The number of para-hydroxylation sites is 1. The molecule has 1 aromatic rings. The van der Waals surface area contributed by atoms with Gasteiger partial charge in [-0.3, -0.25) is 0 Å². The third-order valence-electron chi connectivity index (χ3n) is 2.53. The molecule has 0 aromatic heterocycles. The van der Waals surface area contributed by atoms with Crippen LogP contribution in [0.25, 0.3) is 0 Å². The van der Waals surface area contributed by atoms with Crippen LogP contribution < -0.4 is 5.32 Å². The molecule has 0 spiro atoms. The Bertz CT molecular complexity index is 279. The maximum absolute atomic E-state index is 9.60. The van der Waals surface area contributed by atoms with Crippen molar-refractivity contribution in [3.63, 3.8) is 0 Å². The van der Waals surface area contributed by atoms with E-state index in [0.29, 0.717) is 5.75 Å². The summed E-state index contributed by atoms with van der Waals surface area (Å²) in [6.07, 6.45) is 3.50.